The Morgan fingerprint density at radius 3 is 2.66 bits per heavy atom. The molecule has 1 aromatic heterocycles. The van der Waals surface area contributed by atoms with Crippen LogP contribution in [0.3, 0.4) is 0 Å². The van der Waals surface area contributed by atoms with E-state index in [1.54, 1.807) is 41.2 Å². The Hall–Kier alpha value is -3.32. The number of amides is 2. The van der Waals surface area contributed by atoms with Crippen LogP contribution < -0.4 is 9.64 Å². The van der Waals surface area contributed by atoms with E-state index in [0.29, 0.717) is 35.0 Å². The number of methoxy groups -OCH3 is 1. The summed E-state index contributed by atoms with van der Waals surface area (Å²) >= 11 is 6.17. The Morgan fingerprint density at radius 1 is 1.16 bits per heavy atom. The van der Waals surface area contributed by atoms with Gasteiger partial charge in [-0.2, -0.15) is 5.10 Å². The number of aryl methyl sites for hydroxylation is 2. The van der Waals surface area contributed by atoms with Crippen LogP contribution in [0.1, 0.15) is 28.2 Å². The summed E-state index contributed by atoms with van der Waals surface area (Å²) in [6.07, 6.45) is 0.595. The van der Waals surface area contributed by atoms with Crippen molar-refractivity contribution in [1.29, 1.82) is 0 Å². The first-order valence-electron chi connectivity index (χ1n) is 10.5. The lowest BCUT2D eigenvalue weighted by molar-refractivity contribution is -0.121. The summed E-state index contributed by atoms with van der Waals surface area (Å²) in [5.41, 5.74) is 3.92. The average Bonchev–Trinajstić information content (AvgIpc) is 3.45. The molecule has 0 radical (unpaired) electrons. The highest BCUT2D eigenvalue weighted by Crippen LogP contribution is 2.41. The average molecular weight is 451 g/mol. The third-order valence-electron chi connectivity index (χ3n) is 6.18. The maximum absolute atomic E-state index is 13.4. The van der Waals surface area contributed by atoms with Gasteiger partial charge >= 0.3 is 0 Å². The van der Waals surface area contributed by atoms with Crippen LogP contribution in [-0.4, -0.2) is 52.2 Å². The SMILES string of the molecule is COc1ccc(Cl)cc1N1C(=O)[C@@H]2C[C@H]1CN2C(=O)c1cccc(-n2nc(C)cc2C)c1. The molecule has 32 heavy (non-hydrogen) atoms. The van der Waals surface area contributed by atoms with Crippen molar-refractivity contribution in [2.75, 3.05) is 18.6 Å². The van der Waals surface area contributed by atoms with Crippen molar-refractivity contribution < 1.29 is 14.3 Å². The van der Waals surface area contributed by atoms with E-state index in [1.807, 2.05) is 42.8 Å². The molecular weight excluding hydrogens is 428 g/mol. The topological polar surface area (TPSA) is 67.7 Å². The molecule has 3 aromatic rings. The maximum atomic E-state index is 13.4. The predicted molar refractivity (Wildman–Crippen MR) is 122 cm³/mol. The number of carbonyl (C=O) groups is 2. The molecule has 2 aliphatic rings. The number of aromatic nitrogens is 2. The van der Waals surface area contributed by atoms with Gasteiger partial charge in [0, 0.05) is 22.8 Å². The van der Waals surface area contributed by atoms with E-state index in [2.05, 4.69) is 5.10 Å². The van der Waals surface area contributed by atoms with E-state index in [0.717, 1.165) is 17.1 Å². The van der Waals surface area contributed by atoms with Gasteiger partial charge in [0.2, 0.25) is 5.91 Å². The van der Waals surface area contributed by atoms with Crippen molar-refractivity contribution in [3.05, 3.63) is 70.5 Å². The van der Waals surface area contributed by atoms with Gasteiger partial charge in [-0.05, 0) is 62.7 Å². The fourth-order valence-electron chi connectivity index (χ4n) is 4.79. The highest BCUT2D eigenvalue weighted by Gasteiger charge is 2.52. The predicted octanol–water partition coefficient (Wildman–Crippen LogP) is 3.78. The van der Waals surface area contributed by atoms with Gasteiger partial charge in [0.1, 0.15) is 11.8 Å². The summed E-state index contributed by atoms with van der Waals surface area (Å²) < 4.78 is 7.26. The molecule has 5 rings (SSSR count). The van der Waals surface area contributed by atoms with E-state index in [9.17, 15) is 9.59 Å². The van der Waals surface area contributed by atoms with Crippen molar-refractivity contribution in [2.45, 2.75) is 32.4 Å². The zero-order chi connectivity index (χ0) is 22.6. The fourth-order valence-corrected chi connectivity index (χ4v) is 4.96. The van der Waals surface area contributed by atoms with Gasteiger partial charge in [-0.25, -0.2) is 4.68 Å². The highest BCUT2D eigenvalue weighted by atomic mass is 35.5. The lowest BCUT2D eigenvalue weighted by atomic mass is 10.1. The quantitative estimate of drug-likeness (QED) is 0.606. The molecule has 8 heteroatoms. The molecule has 164 valence electrons. The molecule has 2 bridgehead atoms. The van der Waals surface area contributed by atoms with Crippen LogP contribution in [0, 0.1) is 13.8 Å². The molecule has 0 aliphatic carbocycles. The smallest absolute Gasteiger partial charge is 0.254 e. The third-order valence-corrected chi connectivity index (χ3v) is 6.41. The minimum atomic E-state index is -0.492. The van der Waals surface area contributed by atoms with Gasteiger partial charge in [-0.1, -0.05) is 17.7 Å². The number of halogens is 1. The first-order valence-corrected chi connectivity index (χ1v) is 10.9. The second-order valence-corrected chi connectivity index (χ2v) is 8.71. The van der Waals surface area contributed by atoms with Gasteiger partial charge < -0.3 is 14.5 Å². The number of benzene rings is 2. The third kappa shape index (κ3) is 3.24. The lowest BCUT2D eigenvalue weighted by Crippen LogP contribution is -2.52. The highest BCUT2D eigenvalue weighted by molar-refractivity contribution is 6.31. The molecule has 0 unspecified atom stereocenters. The first kappa shape index (κ1) is 20.6. The van der Waals surface area contributed by atoms with E-state index in [-0.39, 0.29) is 17.9 Å². The van der Waals surface area contributed by atoms with Gasteiger partial charge in [0.25, 0.3) is 5.91 Å². The number of rotatable bonds is 4. The molecule has 0 saturated carbocycles. The zero-order valence-corrected chi connectivity index (χ0v) is 18.8. The Kier molecular flexibility index (Phi) is 4.93. The minimum Gasteiger partial charge on any atom is -0.495 e. The number of likely N-dealkylation sites (tertiary alicyclic amines) is 1. The molecule has 0 spiro atoms. The number of anilines is 1. The Morgan fingerprint density at radius 2 is 1.97 bits per heavy atom. The monoisotopic (exact) mass is 450 g/mol. The first-order chi connectivity index (χ1) is 15.4. The van der Waals surface area contributed by atoms with E-state index in [4.69, 9.17) is 16.3 Å². The van der Waals surface area contributed by atoms with Crippen LogP contribution in [0.25, 0.3) is 5.69 Å². The largest absolute Gasteiger partial charge is 0.495 e. The summed E-state index contributed by atoms with van der Waals surface area (Å²) in [6.45, 7) is 4.38. The number of hydrogen-bond acceptors (Lipinski definition) is 4. The molecule has 2 aromatic carbocycles. The summed E-state index contributed by atoms with van der Waals surface area (Å²) in [6, 6.07) is 14.0. The Labute approximate surface area is 191 Å². The van der Waals surface area contributed by atoms with Crippen molar-refractivity contribution in [3.63, 3.8) is 0 Å². The number of piperazine rings is 1. The molecule has 3 heterocycles. The normalized spacial score (nSPS) is 19.7. The van der Waals surface area contributed by atoms with Crippen LogP contribution in [-0.2, 0) is 4.79 Å². The molecule has 2 fully saturated rings. The molecule has 2 atom stereocenters. The van der Waals surface area contributed by atoms with Crippen LogP contribution in [0.4, 0.5) is 5.69 Å². The summed E-state index contributed by atoms with van der Waals surface area (Å²) in [5, 5.41) is 5.04. The Balaban J connectivity index is 1.41. The zero-order valence-electron chi connectivity index (χ0n) is 18.1. The van der Waals surface area contributed by atoms with Crippen molar-refractivity contribution in [2.24, 2.45) is 0 Å². The maximum Gasteiger partial charge on any atom is 0.254 e. The number of fused-ring (bicyclic) bond motifs is 2. The van der Waals surface area contributed by atoms with E-state index < -0.39 is 6.04 Å². The van der Waals surface area contributed by atoms with Crippen molar-refractivity contribution in [1.82, 2.24) is 14.7 Å². The minimum absolute atomic E-state index is 0.107. The number of nitrogens with zero attached hydrogens (tertiary/aromatic N) is 4. The van der Waals surface area contributed by atoms with Crippen LogP contribution in [0.5, 0.6) is 5.75 Å². The number of hydrogen-bond donors (Lipinski definition) is 0. The Bertz CT molecular complexity index is 1240. The second-order valence-electron chi connectivity index (χ2n) is 8.28. The summed E-state index contributed by atoms with van der Waals surface area (Å²) in [5.74, 6) is 0.336. The van der Waals surface area contributed by atoms with Crippen LogP contribution in [0.2, 0.25) is 5.02 Å². The summed E-state index contributed by atoms with van der Waals surface area (Å²) in [4.78, 5) is 30.0. The molecule has 2 saturated heterocycles. The standard InChI is InChI=1S/C24H23ClN4O3/c1-14-9-15(2)29(26-14)18-6-4-5-16(10-18)23(30)27-13-19-12-21(27)24(31)28(19)20-11-17(25)7-8-22(20)32-3/h4-11,19,21H,12-13H2,1-3H3/t19-,21-/m0/s1. The molecule has 2 aliphatic heterocycles. The van der Waals surface area contributed by atoms with Crippen LogP contribution >= 0.6 is 11.6 Å². The number of carbonyl (C=O) groups excluding carboxylic acids is 2. The van der Waals surface area contributed by atoms with Gasteiger partial charge in [0.15, 0.2) is 0 Å². The van der Waals surface area contributed by atoms with Gasteiger partial charge in [-0.15, -0.1) is 0 Å². The lowest BCUT2D eigenvalue weighted by Gasteiger charge is -2.34. The van der Waals surface area contributed by atoms with Crippen molar-refractivity contribution in [3.8, 4) is 11.4 Å². The second kappa shape index (κ2) is 7.67. The molecule has 7 nitrogen and oxygen atoms in total. The molecular formula is C24H23ClN4O3. The fraction of sp³-hybridized carbons (Fsp3) is 0.292. The van der Waals surface area contributed by atoms with E-state index >= 15 is 0 Å². The molecule has 2 amide bonds. The summed E-state index contributed by atoms with van der Waals surface area (Å²) in [7, 11) is 1.57. The van der Waals surface area contributed by atoms with E-state index in [1.165, 1.54) is 0 Å². The molecule has 0 N–H and O–H groups in total. The van der Waals surface area contributed by atoms with Crippen LogP contribution in [0.15, 0.2) is 48.5 Å². The van der Waals surface area contributed by atoms with Gasteiger partial charge in [0.05, 0.1) is 30.2 Å². The number of ether oxygens (including phenoxy) is 1. The van der Waals surface area contributed by atoms with Gasteiger partial charge in [-0.3, -0.25) is 9.59 Å². The van der Waals surface area contributed by atoms with Crippen molar-refractivity contribution >= 4 is 29.1 Å².